The van der Waals surface area contributed by atoms with Crippen molar-refractivity contribution in [2.75, 3.05) is 6.54 Å². The van der Waals surface area contributed by atoms with Crippen molar-refractivity contribution in [1.82, 2.24) is 4.90 Å². The molecule has 0 N–H and O–H groups in total. The molecule has 1 atom stereocenters. The molecule has 0 spiro atoms. The van der Waals surface area contributed by atoms with E-state index in [4.69, 9.17) is 4.74 Å². The second-order valence-corrected chi connectivity index (χ2v) is 6.55. The summed E-state index contributed by atoms with van der Waals surface area (Å²) in [5, 5.41) is 0. The van der Waals surface area contributed by atoms with Crippen molar-refractivity contribution < 1.29 is 9.53 Å². The number of carbonyl (C=O) groups is 1. The van der Waals surface area contributed by atoms with Crippen molar-refractivity contribution in [2.45, 2.75) is 58.6 Å². The fourth-order valence-corrected chi connectivity index (χ4v) is 2.62. The molecule has 1 saturated heterocycles. The number of para-hydroxylation sites is 1. The van der Waals surface area contributed by atoms with Crippen LogP contribution < -0.4 is 4.74 Å². The minimum Gasteiger partial charge on any atom is -0.487 e. The molecule has 0 aliphatic carbocycles. The van der Waals surface area contributed by atoms with Gasteiger partial charge in [0.05, 0.1) is 5.56 Å². The Morgan fingerprint density at radius 3 is 2.60 bits per heavy atom. The van der Waals surface area contributed by atoms with Crippen LogP contribution in [0.3, 0.4) is 0 Å². The van der Waals surface area contributed by atoms with E-state index < -0.39 is 0 Å². The van der Waals surface area contributed by atoms with Gasteiger partial charge in [-0.15, -0.1) is 0 Å². The first kappa shape index (κ1) is 14.9. The zero-order chi connectivity index (χ0) is 14.8. The average Bonchev–Trinajstić information content (AvgIpc) is 2.37. The van der Waals surface area contributed by atoms with Gasteiger partial charge in [0.2, 0.25) is 0 Å². The molecular formula is C17H25NO2. The lowest BCUT2D eigenvalue weighted by atomic mass is 10.0. The maximum Gasteiger partial charge on any atom is 0.257 e. The minimum absolute atomic E-state index is 0.0945. The van der Waals surface area contributed by atoms with Crippen LogP contribution in [0, 0.1) is 0 Å². The van der Waals surface area contributed by atoms with Crippen LogP contribution in [-0.4, -0.2) is 29.0 Å². The Kier molecular flexibility index (Phi) is 4.36. The molecule has 0 saturated carbocycles. The Labute approximate surface area is 121 Å². The summed E-state index contributed by atoms with van der Waals surface area (Å²) >= 11 is 0. The summed E-state index contributed by atoms with van der Waals surface area (Å²) in [4.78, 5) is 14.7. The molecule has 0 bridgehead atoms. The minimum atomic E-state index is -0.302. The molecule has 1 heterocycles. The van der Waals surface area contributed by atoms with Crippen LogP contribution in [0.2, 0.25) is 0 Å². The molecule has 1 fully saturated rings. The van der Waals surface area contributed by atoms with Crippen molar-refractivity contribution in [3.63, 3.8) is 0 Å². The maximum absolute atomic E-state index is 12.8. The van der Waals surface area contributed by atoms with Crippen molar-refractivity contribution in [2.24, 2.45) is 0 Å². The highest BCUT2D eigenvalue weighted by molar-refractivity contribution is 5.97. The molecule has 1 aliphatic rings. The summed E-state index contributed by atoms with van der Waals surface area (Å²) in [6.45, 7) is 8.97. The van der Waals surface area contributed by atoms with E-state index in [1.165, 1.54) is 6.42 Å². The lowest BCUT2D eigenvalue weighted by molar-refractivity contribution is 0.0621. The molecule has 110 valence electrons. The van der Waals surface area contributed by atoms with E-state index in [2.05, 4.69) is 6.92 Å². The number of rotatable bonds is 2. The standard InChI is InChI=1S/C17H25NO2/c1-13-9-7-8-12-18(13)16(19)14-10-5-6-11-15(14)20-17(2,3)4/h5-6,10-11,13H,7-9,12H2,1-4H3. The van der Waals surface area contributed by atoms with Crippen LogP contribution in [0.25, 0.3) is 0 Å². The highest BCUT2D eigenvalue weighted by atomic mass is 16.5. The number of ether oxygens (including phenoxy) is 1. The third-order valence-corrected chi connectivity index (χ3v) is 3.60. The third-order valence-electron chi connectivity index (χ3n) is 3.60. The molecule has 1 amide bonds. The third kappa shape index (κ3) is 3.53. The molecule has 2 rings (SSSR count). The van der Waals surface area contributed by atoms with E-state index in [9.17, 15) is 4.79 Å². The summed E-state index contributed by atoms with van der Waals surface area (Å²) in [5.41, 5.74) is 0.375. The van der Waals surface area contributed by atoms with Gasteiger partial charge in [-0.25, -0.2) is 0 Å². The number of amides is 1. The van der Waals surface area contributed by atoms with Gasteiger partial charge < -0.3 is 9.64 Å². The average molecular weight is 275 g/mol. The van der Waals surface area contributed by atoms with Crippen molar-refractivity contribution >= 4 is 5.91 Å². The molecule has 1 aliphatic heterocycles. The van der Waals surface area contributed by atoms with Crippen LogP contribution in [0.4, 0.5) is 0 Å². The summed E-state index contributed by atoms with van der Waals surface area (Å²) < 4.78 is 5.93. The zero-order valence-corrected chi connectivity index (χ0v) is 13.0. The first-order valence-electron chi connectivity index (χ1n) is 7.47. The van der Waals surface area contributed by atoms with Crippen LogP contribution >= 0.6 is 0 Å². The van der Waals surface area contributed by atoms with E-state index in [0.29, 0.717) is 17.4 Å². The molecule has 1 aromatic carbocycles. The number of hydrogen-bond acceptors (Lipinski definition) is 2. The quantitative estimate of drug-likeness (QED) is 0.819. The second-order valence-electron chi connectivity index (χ2n) is 6.55. The van der Waals surface area contributed by atoms with Gasteiger partial charge >= 0.3 is 0 Å². The fourth-order valence-electron chi connectivity index (χ4n) is 2.62. The number of likely N-dealkylation sites (tertiary alicyclic amines) is 1. The summed E-state index contributed by atoms with van der Waals surface area (Å²) in [6.07, 6.45) is 3.40. The van der Waals surface area contributed by atoms with Crippen LogP contribution in [0.1, 0.15) is 57.3 Å². The summed E-state index contributed by atoms with van der Waals surface area (Å²) in [5.74, 6) is 0.778. The molecule has 0 radical (unpaired) electrons. The van der Waals surface area contributed by atoms with E-state index in [1.807, 2.05) is 49.9 Å². The Morgan fingerprint density at radius 2 is 1.95 bits per heavy atom. The molecule has 1 aromatic rings. The molecule has 3 heteroatoms. The Balaban J connectivity index is 2.25. The topological polar surface area (TPSA) is 29.5 Å². The fraction of sp³-hybridized carbons (Fsp3) is 0.588. The highest BCUT2D eigenvalue weighted by Gasteiger charge is 2.27. The number of hydrogen-bond donors (Lipinski definition) is 0. The van der Waals surface area contributed by atoms with Crippen LogP contribution in [0.15, 0.2) is 24.3 Å². The number of carbonyl (C=O) groups excluding carboxylic acids is 1. The predicted molar refractivity (Wildman–Crippen MR) is 81.2 cm³/mol. The molecule has 1 unspecified atom stereocenters. The zero-order valence-electron chi connectivity index (χ0n) is 13.0. The largest absolute Gasteiger partial charge is 0.487 e. The highest BCUT2D eigenvalue weighted by Crippen LogP contribution is 2.27. The first-order chi connectivity index (χ1) is 9.38. The van der Waals surface area contributed by atoms with Gasteiger partial charge in [-0.2, -0.15) is 0 Å². The Hall–Kier alpha value is -1.51. The first-order valence-corrected chi connectivity index (χ1v) is 7.47. The molecule has 3 nitrogen and oxygen atoms in total. The summed E-state index contributed by atoms with van der Waals surface area (Å²) in [6, 6.07) is 7.88. The smallest absolute Gasteiger partial charge is 0.257 e. The lowest BCUT2D eigenvalue weighted by Gasteiger charge is -2.34. The van der Waals surface area contributed by atoms with Gasteiger partial charge in [0, 0.05) is 12.6 Å². The monoisotopic (exact) mass is 275 g/mol. The van der Waals surface area contributed by atoms with E-state index in [0.717, 1.165) is 19.4 Å². The SMILES string of the molecule is CC1CCCCN1C(=O)c1ccccc1OC(C)(C)C. The number of benzene rings is 1. The van der Waals surface area contributed by atoms with Gasteiger partial charge in [-0.3, -0.25) is 4.79 Å². The van der Waals surface area contributed by atoms with Gasteiger partial charge in [0.25, 0.3) is 5.91 Å². The van der Waals surface area contributed by atoms with E-state index in [1.54, 1.807) is 0 Å². The lowest BCUT2D eigenvalue weighted by Crippen LogP contribution is -2.42. The predicted octanol–water partition coefficient (Wildman–Crippen LogP) is 3.88. The van der Waals surface area contributed by atoms with E-state index in [-0.39, 0.29) is 11.5 Å². The van der Waals surface area contributed by atoms with Crippen LogP contribution in [-0.2, 0) is 0 Å². The van der Waals surface area contributed by atoms with Gasteiger partial charge in [-0.05, 0) is 59.1 Å². The normalized spacial score (nSPS) is 19.8. The summed E-state index contributed by atoms with van der Waals surface area (Å²) in [7, 11) is 0. The van der Waals surface area contributed by atoms with Gasteiger partial charge in [-0.1, -0.05) is 12.1 Å². The molecular weight excluding hydrogens is 250 g/mol. The Bertz CT molecular complexity index is 476. The maximum atomic E-state index is 12.8. The van der Waals surface area contributed by atoms with Gasteiger partial charge in [0.15, 0.2) is 0 Å². The number of nitrogens with zero attached hydrogens (tertiary/aromatic N) is 1. The van der Waals surface area contributed by atoms with Crippen molar-refractivity contribution in [1.29, 1.82) is 0 Å². The Morgan fingerprint density at radius 1 is 1.25 bits per heavy atom. The number of piperidine rings is 1. The van der Waals surface area contributed by atoms with Crippen molar-refractivity contribution in [3.05, 3.63) is 29.8 Å². The van der Waals surface area contributed by atoms with Crippen LogP contribution in [0.5, 0.6) is 5.75 Å². The molecule has 0 aromatic heterocycles. The molecule has 20 heavy (non-hydrogen) atoms. The second kappa shape index (κ2) is 5.86. The van der Waals surface area contributed by atoms with Gasteiger partial charge in [0.1, 0.15) is 11.4 Å². The van der Waals surface area contributed by atoms with E-state index >= 15 is 0 Å². The van der Waals surface area contributed by atoms with Crippen molar-refractivity contribution in [3.8, 4) is 5.75 Å².